The first-order valence-electron chi connectivity index (χ1n) is 10.2. The van der Waals surface area contributed by atoms with Gasteiger partial charge in [0.1, 0.15) is 11.9 Å². The van der Waals surface area contributed by atoms with Crippen molar-refractivity contribution in [2.75, 3.05) is 33.8 Å². The van der Waals surface area contributed by atoms with Crippen LogP contribution in [0.5, 0.6) is 0 Å². The second-order valence-corrected chi connectivity index (χ2v) is 7.81. The molecule has 1 aromatic heterocycles. The van der Waals surface area contributed by atoms with Crippen LogP contribution in [0.3, 0.4) is 0 Å². The summed E-state index contributed by atoms with van der Waals surface area (Å²) in [5.41, 5.74) is 2.66. The average molecular weight is 421 g/mol. The molecule has 1 atom stereocenters. The van der Waals surface area contributed by atoms with E-state index in [-0.39, 0.29) is 24.1 Å². The highest BCUT2D eigenvalue weighted by atomic mass is 19.1. The third kappa shape index (κ3) is 4.56. The molecule has 0 N–H and O–H groups in total. The van der Waals surface area contributed by atoms with Crippen molar-refractivity contribution in [1.82, 2.24) is 14.8 Å². The van der Waals surface area contributed by atoms with Crippen molar-refractivity contribution in [3.8, 4) is 0 Å². The van der Waals surface area contributed by atoms with Crippen molar-refractivity contribution in [2.45, 2.75) is 12.5 Å². The fraction of sp³-hybridized carbons (Fsp3) is 0.292. The maximum Gasteiger partial charge on any atom is 0.254 e. The van der Waals surface area contributed by atoms with E-state index in [1.165, 1.54) is 17.0 Å². The van der Waals surface area contributed by atoms with Gasteiger partial charge in [0.05, 0.1) is 36.3 Å². The van der Waals surface area contributed by atoms with Crippen LogP contribution in [-0.4, -0.2) is 60.4 Å². The van der Waals surface area contributed by atoms with E-state index < -0.39 is 6.10 Å². The lowest BCUT2D eigenvalue weighted by Gasteiger charge is -2.33. The summed E-state index contributed by atoms with van der Waals surface area (Å²) in [6, 6.07) is 15.2. The normalized spacial score (nSPS) is 16.4. The van der Waals surface area contributed by atoms with Gasteiger partial charge in [-0.2, -0.15) is 0 Å². The van der Waals surface area contributed by atoms with Gasteiger partial charge < -0.3 is 14.5 Å². The summed E-state index contributed by atoms with van der Waals surface area (Å²) in [7, 11) is 3.42. The summed E-state index contributed by atoms with van der Waals surface area (Å²) in [4.78, 5) is 33.5. The molecule has 7 heteroatoms. The first kappa shape index (κ1) is 20.9. The topological polar surface area (TPSA) is 62.7 Å². The second kappa shape index (κ2) is 8.81. The number of morpholine rings is 1. The number of hydrogen-bond acceptors (Lipinski definition) is 4. The average Bonchev–Trinajstić information content (AvgIpc) is 2.79. The largest absolute Gasteiger partial charge is 0.368 e. The Labute approximate surface area is 180 Å². The number of carbonyl (C=O) groups is 2. The number of hydrogen-bond donors (Lipinski definition) is 0. The molecule has 0 saturated carbocycles. The maximum absolute atomic E-state index is 13.1. The molecule has 1 aliphatic heterocycles. The van der Waals surface area contributed by atoms with Crippen LogP contribution in [0.25, 0.3) is 10.9 Å². The van der Waals surface area contributed by atoms with Gasteiger partial charge in [-0.15, -0.1) is 0 Å². The van der Waals surface area contributed by atoms with Crippen LogP contribution in [0, 0.1) is 5.82 Å². The number of ether oxygens (including phenoxy) is 1. The molecule has 0 bridgehead atoms. The second-order valence-electron chi connectivity index (χ2n) is 7.81. The van der Waals surface area contributed by atoms with Crippen LogP contribution < -0.4 is 0 Å². The number of carbonyl (C=O) groups excluding carboxylic acids is 2. The number of nitrogens with zero attached hydrogens (tertiary/aromatic N) is 3. The molecular weight excluding hydrogens is 397 g/mol. The fourth-order valence-electron chi connectivity index (χ4n) is 3.72. The SMILES string of the molecule is CN(C)C(=O)c1cc(C2CN(C(=O)Cc3ccc(F)cc3)CCO2)nc2ccccc12. The summed E-state index contributed by atoms with van der Waals surface area (Å²) >= 11 is 0. The molecule has 4 rings (SSSR count). The molecule has 2 aromatic carbocycles. The Morgan fingerprint density at radius 2 is 1.90 bits per heavy atom. The van der Waals surface area contributed by atoms with Gasteiger partial charge in [0, 0.05) is 26.0 Å². The molecule has 1 aliphatic rings. The number of rotatable bonds is 4. The van der Waals surface area contributed by atoms with Crippen LogP contribution in [0.4, 0.5) is 4.39 Å². The zero-order chi connectivity index (χ0) is 22.0. The molecule has 2 heterocycles. The van der Waals surface area contributed by atoms with Gasteiger partial charge in [-0.3, -0.25) is 9.59 Å². The minimum Gasteiger partial charge on any atom is -0.368 e. The summed E-state index contributed by atoms with van der Waals surface area (Å²) in [5.74, 6) is -0.488. The molecule has 0 spiro atoms. The van der Waals surface area contributed by atoms with E-state index in [4.69, 9.17) is 9.72 Å². The minimum atomic E-state index is -0.427. The lowest BCUT2D eigenvalue weighted by Crippen LogP contribution is -2.43. The Morgan fingerprint density at radius 3 is 2.65 bits per heavy atom. The Bertz CT molecular complexity index is 1110. The Hall–Kier alpha value is -3.32. The molecule has 1 saturated heterocycles. The minimum absolute atomic E-state index is 0.0507. The van der Waals surface area contributed by atoms with Crippen LogP contribution in [-0.2, 0) is 16.0 Å². The Kier molecular flexibility index (Phi) is 5.95. The number of amides is 2. The molecule has 0 radical (unpaired) electrons. The van der Waals surface area contributed by atoms with Gasteiger partial charge in [0.15, 0.2) is 0 Å². The predicted molar refractivity (Wildman–Crippen MR) is 115 cm³/mol. The molecule has 31 heavy (non-hydrogen) atoms. The molecular formula is C24H24FN3O3. The molecule has 160 valence electrons. The summed E-state index contributed by atoms with van der Waals surface area (Å²) < 4.78 is 19.0. The van der Waals surface area contributed by atoms with Crippen LogP contribution in [0.15, 0.2) is 54.6 Å². The first-order valence-corrected chi connectivity index (χ1v) is 10.2. The van der Waals surface area contributed by atoms with Gasteiger partial charge in [-0.1, -0.05) is 30.3 Å². The van der Waals surface area contributed by atoms with E-state index >= 15 is 0 Å². The van der Waals surface area contributed by atoms with Crippen molar-refractivity contribution in [2.24, 2.45) is 0 Å². The number of fused-ring (bicyclic) bond motifs is 1. The van der Waals surface area contributed by atoms with E-state index in [0.29, 0.717) is 36.5 Å². The number of halogens is 1. The fourth-order valence-corrected chi connectivity index (χ4v) is 3.72. The van der Waals surface area contributed by atoms with Crippen molar-refractivity contribution in [1.29, 1.82) is 0 Å². The first-order chi connectivity index (χ1) is 14.9. The molecule has 1 fully saturated rings. The number of para-hydroxylation sites is 1. The quantitative estimate of drug-likeness (QED) is 0.649. The molecule has 2 amide bonds. The van der Waals surface area contributed by atoms with Gasteiger partial charge in [0.2, 0.25) is 5.91 Å². The van der Waals surface area contributed by atoms with Crippen molar-refractivity contribution in [3.05, 3.63) is 77.2 Å². The number of benzene rings is 2. The van der Waals surface area contributed by atoms with Gasteiger partial charge in [0.25, 0.3) is 5.91 Å². The summed E-state index contributed by atoms with van der Waals surface area (Å²) in [6.07, 6.45) is -0.230. The van der Waals surface area contributed by atoms with E-state index in [0.717, 1.165) is 10.9 Å². The van der Waals surface area contributed by atoms with Gasteiger partial charge in [-0.25, -0.2) is 9.37 Å². The monoisotopic (exact) mass is 421 g/mol. The zero-order valence-corrected chi connectivity index (χ0v) is 17.5. The standard InChI is InChI=1S/C24H24FN3O3/c1-27(2)24(30)19-14-21(26-20-6-4-3-5-18(19)20)22-15-28(11-12-31-22)23(29)13-16-7-9-17(25)10-8-16/h3-10,14,22H,11-13,15H2,1-2H3. The Morgan fingerprint density at radius 1 is 1.16 bits per heavy atom. The highest BCUT2D eigenvalue weighted by Crippen LogP contribution is 2.27. The van der Waals surface area contributed by atoms with Crippen molar-refractivity contribution in [3.63, 3.8) is 0 Å². The highest BCUT2D eigenvalue weighted by Gasteiger charge is 2.28. The van der Waals surface area contributed by atoms with Crippen LogP contribution in [0.1, 0.15) is 27.7 Å². The highest BCUT2D eigenvalue weighted by molar-refractivity contribution is 6.06. The zero-order valence-electron chi connectivity index (χ0n) is 17.5. The smallest absolute Gasteiger partial charge is 0.254 e. The number of pyridine rings is 1. The predicted octanol–water partition coefficient (Wildman–Crippen LogP) is 3.22. The third-order valence-corrected chi connectivity index (χ3v) is 5.39. The van der Waals surface area contributed by atoms with E-state index in [1.807, 2.05) is 24.3 Å². The molecule has 1 unspecified atom stereocenters. The van der Waals surface area contributed by atoms with Gasteiger partial charge in [-0.05, 0) is 29.8 Å². The lowest BCUT2D eigenvalue weighted by atomic mass is 10.0. The van der Waals surface area contributed by atoms with E-state index in [9.17, 15) is 14.0 Å². The van der Waals surface area contributed by atoms with Crippen molar-refractivity contribution < 1.29 is 18.7 Å². The van der Waals surface area contributed by atoms with Crippen LogP contribution in [0.2, 0.25) is 0 Å². The molecule has 0 aliphatic carbocycles. The van der Waals surface area contributed by atoms with E-state index in [1.54, 1.807) is 37.2 Å². The van der Waals surface area contributed by atoms with Gasteiger partial charge >= 0.3 is 0 Å². The maximum atomic E-state index is 13.1. The number of aromatic nitrogens is 1. The summed E-state index contributed by atoms with van der Waals surface area (Å²) in [6.45, 7) is 1.21. The summed E-state index contributed by atoms with van der Waals surface area (Å²) in [5, 5.41) is 0.782. The third-order valence-electron chi connectivity index (χ3n) is 5.39. The molecule has 6 nitrogen and oxygen atoms in total. The van der Waals surface area contributed by atoms with Crippen LogP contribution >= 0.6 is 0 Å². The lowest BCUT2D eigenvalue weighted by molar-refractivity contribution is -0.138. The van der Waals surface area contributed by atoms with Crippen molar-refractivity contribution >= 4 is 22.7 Å². The van der Waals surface area contributed by atoms with E-state index in [2.05, 4.69) is 0 Å². The molecule has 3 aromatic rings. The Balaban J connectivity index is 1.58.